The summed E-state index contributed by atoms with van der Waals surface area (Å²) in [4.78, 5) is 0. The summed E-state index contributed by atoms with van der Waals surface area (Å²) < 4.78 is 48.3. The van der Waals surface area contributed by atoms with Gasteiger partial charge in [0.25, 0.3) is 0 Å². The van der Waals surface area contributed by atoms with Crippen LogP contribution in [-0.4, -0.2) is 24.4 Å². The third-order valence-corrected chi connectivity index (χ3v) is 3.87. The minimum atomic E-state index is -4.35. The maximum atomic E-state index is 12.6. The number of ether oxygens (including phenoxy) is 2. The Hall–Kier alpha value is -2.25. The van der Waals surface area contributed by atoms with Crippen LogP contribution in [0.15, 0.2) is 42.5 Å². The SMILES string of the molecule is FC(F)(F)c1ccc2c(c1)Nc1ccccc1O2.OC1CCOCC1. The van der Waals surface area contributed by atoms with Crippen LogP contribution >= 0.6 is 0 Å². The smallest absolute Gasteiger partial charge is 0.416 e. The molecule has 0 saturated carbocycles. The molecule has 0 bridgehead atoms. The first kappa shape index (κ1) is 17.6. The molecule has 2 aliphatic rings. The Labute approximate surface area is 143 Å². The van der Waals surface area contributed by atoms with E-state index in [0.717, 1.165) is 38.2 Å². The lowest BCUT2D eigenvalue weighted by molar-refractivity contribution is -0.137. The molecule has 0 atom stereocenters. The molecule has 7 heteroatoms. The summed E-state index contributed by atoms with van der Waals surface area (Å²) >= 11 is 0. The van der Waals surface area contributed by atoms with Crippen molar-refractivity contribution < 1.29 is 27.8 Å². The van der Waals surface area contributed by atoms with Crippen molar-refractivity contribution >= 4 is 11.4 Å². The van der Waals surface area contributed by atoms with Crippen LogP contribution in [0.2, 0.25) is 0 Å². The maximum Gasteiger partial charge on any atom is 0.416 e. The average molecular weight is 353 g/mol. The molecule has 0 spiro atoms. The normalized spacial score (nSPS) is 16.5. The van der Waals surface area contributed by atoms with E-state index in [1.54, 1.807) is 24.3 Å². The summed E-state index contributed by atoms with van der Waals surface area (Å²) in [6, 6.07) is 10.5. The number of hydrogen-bond donors (Lipinski definition) is 2. The molecule has 2 aromatic rings. The van der Waals surface area contributed by atoms with Gasteiger partial charge in [-0.25, -0.2) is 0 Å². The number of para-hydroxylation sites is 2. The van der Waals surface area contributed by atoms with Crippen molar-refractivity contribution in [2.45, 2.75) is 25.1 Å². The summed E-state index contributed by atoms with van der Waals surface area (Å²) in [5.74, 6) is 0.992. The molecule has 1 fully saturated rings. The topological polar surface area (TPSA) is 50.7 Å². The Morgan fingerprint density at radius 3 is 2.28 bits per heavy atom. The highest BCUT2D eigenvalue weighted by Gasteiger charge is 2.32. The Kier molecular flexibility index (Phi) is 5.15. The molecule has 134 valence electrons. The molecule has 0 unspecified atom stereocenters. The van der Waals surface area contributed by atoms with Crippen molar-refractivity contribution in [3.8, 4) is 11.5 Å². The first-order valence-corrected chi connectivity index (χ1v) is 7.94. The van der Waals surface area contributed by atoms with Crippen LogP contribution in [0.4, 0.5) is 24.5 Å². The molecule has 25 heavy (non-hydrogen) atoms. The number of aliphatic hydroxyl groups is 1. The molecule has 1 saturated heterocycles. The summed E-state index contributed by atoms with van der Waals surface area (Å²) in [5, 5.41) is 11.8. The van der Waals surface area contributed by atoms with Crippen LogP contribution in [0.5, 0.6) is 11.5 Å². The number of fused-ring (bicyclic) bond motifs is 2. The molecule has 2 aromatic carbocycles. The highest BCUT2D eigenvalue weighted by molar-refractivity contribution is 5.75. The van der Waals surface area contributed by atoms with Crippen LogP contribution in [0.1, 0.15) is 18.4 Å². The highest BCUT2D eigenvalue weighted by atomic mass is 19.4. The first-order chi connectivity index (χ1) is 11.9. The summed E-state index contributed by atoms with van der Waals surface area (Å²) in [6.07, 6.45) is -2.80. The third-order valence-electron chi connectivity index (χ3n) is 3.87. The largest absolute Gasteiger partial charge is 0.453 e. The standard InChI is InChI=1S/C13H8F3NO.C5H10O2/c14-13(15,16)8-5-6-12-10(7-8)17-9-3-1-2-4-11(9)18-12;6-5-1-3-7-4-2-5/h1-7,17H;5-6H,1-4H2. The van der Waals surface area contributed by atoms with E-state index in [1.165, 1.54) is 6.07 Å². The monoisotopic (exact) mass is 353 g/mol. The van der Waals surface area contributed by atoms with E-state index in [-0.39, 0.29) is 6.10 Å². The van der Waals surface area contributed by atoms with Crippen LogP contribution < -0.4 is 10.1 Å². The fraction of sp³-hybridized carbons (Fsp3) is 0.333. The van der Waals surface area contributed by atoms with Crippen LogP contribution in [0, 0.1) is 0 Å². The zero-order valence-electron chi connectivity index (χ0n) is 13.3. The van der Waals surface area contributed by atoms with Crippen LogP contribution in [0.25, 0.3) is 0 Å². The average Bonchev–Trinajstić information content (AvgIpc) is 2.60. The van der Waals surface area contributed by atoms with Crippen molar-refractivity contribution in [1.29, 1.82) is 0 Å². The Morgan fingerprint density at radius 2 is 1.64 bits per heavy atom. The number of aliphatic hydroxyl groups excluding tert-OH is 1. The van der Waals surface area contributed by atoms with Gasteiger partial charge in [-0.2, -0.15) is 13.2 Å². The number of anilines is 2. The lowest BCUT2D eigenvalue weighted by Gasteiger charge is -2.22. The molecule has 0 amide bonds. The van der Waals surface area contributed by atoms with Gasteiger partial charge >= 0.3 is 6.18 Å². The van der Waals surface area contributed by atoms with Gasteiger partial charge < -0.3 is 19.9 Å². The Bertz CT molecular complexity index is 728. The Balaban J connectivity index is 0.000000219. The fourth-order valence-corrected chi connectivity index (χ4v) is 2.50. The summed E-state index contributed by atoms with van der Waals surface area (Å²) in [6.45, 7) is 1.47. The van der Waals surface area contributed by atoms with Gasteiger partial charge in [-0.3, -0.25) is 0 Å². The second kappa shape index (κ2) is 7.33. The van der Waals surface area contributed by atoms with E-state index in [9.17, 15) is 13.2 Å². The van der Waals surface area contributed by atoms with Gasteiger partial charge in [-0.15, -0.1) is 0 Å². The minimum Gasteiger partial charge on any atom is -0.453 e. The molecule has 2 aliphatic heterocycles. The van der Waals surface area contributed by atoms with Gasteiger partial charge in [0.15, 0.2) is 11.5 Å². The highest BCUT2D eigenvalue weighted by Crippen LogP contribution is 2.43. The van der Waals surface area contributed by atoms with Crippen molar-refractivity contribution in [3.63, 3.8) is 0 Å². The van der Waals surface area contributed by atoms with Gasteiger partial charge in [0.2, 0.25) is 0 Å². The van der Waals surface area contributed by atoms with E-state index in [0.29, 0.717) is 22.9 Å². The second-order valence-corrected chi connectivity index (χ2v) is 5.78. The van der Waals surface area contributed by atoms with Gasteiger partial charge in [0, 0.05) is 13.2 Å². The van der Waals surface area contributed by atoms with Gasteiger partial charge in [0.05, 0.1) is 23.0 Å². The van der Waals surface area contributed by atoms with Crippen LogP contribution in [-0.2, 0) is 10.9 Å². The summed E-state index contributed by atoms with van der Waals surface area (Å²) in [7, 11) is 0. The van der Waals surface area contributed by atoms with E-state index in [1.807, 2.05) is 0 Å². The maximum absolute atomic E-state index is 12.6. The molecular formula is C18H18F3NO3. The van der Waals surface area contributed by atoms with Crippen LogP contribution in [0.3, 0.4) is 0 Å². The predicted octanol–water partition coefficient (Wildman–Crippen LogP) is 4.71. The fourth-order valence-electron chi connectivity index (χ4n) is 2.50. The number of benzene rings is 2. The zero-order valence-corrected chi connectivity index (χ0v) is 13.3. The van der Waals surface area contributed by atoms with Gasteiger partial charge in [-0.05, 0) is 43.2 Å². The molecule has 0 aromatic heterocycles. The molecule has 4 rings (SSSR count). The number of halogens is 3. The number of rotatable bonds is 0. The molecule has 2 heterocycles. The quantitative estimate of drug-likeness (QED) is 0.614. The van der Waals surface area contributed by atoms with E-state index in [2.05, 4.69) is 5.32 Å². The lowest BCUT2D eigenvalue weighted by atomic mass is 10.1. The molecule has 0 radical (unpaired) electrons. The molecular weight excluding hydrogens is 335 g/mol. The number of hydrogen-bond acceptors (Lipinski definition) is 4. The number of alkyl halides is 3. The molecule has 2 N–H and O–H groups in total. The van der Waals surface area contributed by atoms with Crippen molar-refractivity contribution in [2.75, 3.05) is 18.5 Å². The Morgan fingerprint density at radius 1 is 0.960 bits per heavy atom. The summed E-state index contributed by atoms with van der Waals surface area (Å²) in [5.41, 5.74) is 0.282. The third kappa shape index (κ3) is 4.43. The van der Waals surface area contributed by atoms with Crippen molar-refractivity contribution in [2.24, 2.45) is 0 Å². The van der Waals surface area contributed by atoms with Crippen molar-refractivity contribution in [1.82, 2.24) is 0 Å². The van der Waals surface area contributed by atoms with E-state index < -0.39 is 11.7 Å². The van der Waals surface area contributed by atoms with E-state index >= 15 is 0 Å². The molecule has 4 nitrogen and oxygen atoms in total. The zero-order chi connectivity index (χ0) is 17.9. The first-order valence-electron chi connectivity index (χ1n) is 7.94. The van der Waals surface area contributed by atoms with Gasteiger partial charge in [-0.1, -0.05) is 12.1 Å². The van der Waals surface area contributed by atoms with Gasteiger partial charge in [0.1, 0.15) is 0 Å². The molecule has 0 aliphatic carbocycles. The lowest BCUT2D eigenvalue weighted by Crippen LogP contribution is -2.19. The predicted molar refractivity (Wildman–Crippen MR) is 87.3 cm³/mol. The van der Waals surface area contributed by atoms with Crippen molar-refractivity contribution in [3.05, 3.63) is 48.0 Å². The van der Waals surface area contributed by atoms with E-state index in [4.69, 9.17) is 14.6 Å². The minimum absolute atomic E-state index is 0.0891. The second-order valence-electron chi connectivity index (χ2n) is 5.78. The number of nitrogens with one attached hydrogen (secondary N) is 1.